The molecule has 0 aliphatic heterocycles. The van der Waals surface area contributed by atoms with Gasteiger partial charge in [0.25, 0.3) is 0 Å². The predicted octanol–water partition coefficient (Wildman–Crippen LogP) is 3.21. The van der Waals surface area contributed by atoms with Gasteiger partial charge in [-0.05, 0) is 24.5 Å². The van der Waals surface area contributed by atoms with Crippen molar-refractivity contribution in [2.45, 2.75) is 30.7 Å². The van der Waals surface area contributed by atoms with Gasteiger partial charge in [0.15, 0.2) is 0 Å². The highest BCUT2D eigenvalue weighted by Crippen LogP contribution is 2.48. The van der Waals surface area contributed by atoms with E-state index < -0.39 is 23.5 Å². The lowest BCUT2D eigenvalue weighted by molar-refractivity contribution is -0.138. The molecule has 2 rings (SSSR count). The van der Waals surface area contributed by atoms with Crippen molar-refractivity contribution in [3.05, 3.63) is 35.4 Å². The Balaban J connectivity index is 2.40. The first-order valence-corrected chi connectivity index (χ1v) is 4.94. The maximum atomic E-state index is 13.9. The number of nitrogens with two attached hydrogens (primary N) is 1. The minimum atomic E-state index is -4.54. The van der Waals surface area contributed by atoms with Crippen molar-refractivity contribution in [1.82, 2.24) is 0 Å². The molecule has 1 fully saturated rings. The molecule has 0 bridgehead atoms. The van der Waals surface area contributed by atoms with Crippen molar-refractivity contribution in [2.24, 2.45) is 5.73 Å². The molecule has 88 valence electrons. The molecule has 1 aromatic carbocycles. The highest BCUT2D eigenvalue weighted by Gasteiger charge is 2.49. The van der Waals surface area contributed by atoms with Crippen LogP contribution in [0.5, 0.6) is 0 Å². The molecule has 1 atom stereocenters. The average Bonchev–Trinajstić information content (AvgIpc) is 2.95. The number of halogens is 4. The molecule has 0 heterocycles. The molecule has 2 N–H and O–H groups in total. The highest BCUT2D eigenvalue weighted by molar-refractivity contribution is 5.35. The molecule has 0 saturated heterocycles. The molecule has 1 aromatic rings. The first-order chi connectivity index (χ1) is 7.34. The Labute approximate surface area is 90.3 Å². The molecule has 1 saturated carbocycles. The Bertz CT molecular complexity index is 395. The normalized spacial score (nSPS) is 20.6. The Hall–Kier alpha value is -1.10. The van der Waals surface area contributed by atoms with Crippen molar-refractivity contribution in [1.29, 1.82) is 0 Å². The number of benzene rings is 1. The van der Waals surface area contributed by atoms with Gasteiger partial charge in [0.2, 0.25) is 0 Å². The van der Waals surface area contributed by atoms with Crippen molar-refractivity contribution in [3.63, 3.8) is 0 Å². The lowest BCUT2D eigenvalue weighted by Crippen LogP contribution is -2.29. The summed E-state index contributed by atoms with van der Waals surface area (Å²) in [4.78, 5) is 0. The van der Waals surface area contributed by atoms with Crippen LogP contribution < -0.4 is 5.73 Å². The van der Waals surface area contributed by atoms with Crippen LogP contribution in [0.1, 0.15) is 30.1 Å². The molecule has 1 aliphatic rings. The van der Waals surface area contributed by atoms with Crippen LogP contribution in [0.3, 0.4) is 0 Å². The van der Waals surface area contributed by atoms with E-state index in [-0.39, 0.29) is 5.56 Å². The van der Waals surface area contributed by atoms with Crippen LogP contribution in [0.25, 0.3) is 0 Å². The summed E-state index contributed by atoms with van der Waals surface area (Å²) < 4.78 is 51.7. The summed E-state index contributed by atoms with van der Waals surface area (Å²) in [5, 5.41) is 0. The molecule has 0 aromatic heterocycles. The summed E-state index contributed by atoms with van der Waals surface area (Å²) in [7, 11) is 0. The fourth-order valence-electron chi connectivity index (χ4n) is 1.68. The molecule has 0 amide bonds. The number of hydrogen-bond acceptors (Lipinski definition) is 1. The van der Waals surface area contributed by atoms with Crippen molar-refractivity contribution in [3.8, 4) is 0 Å². The Morgan fingerprint density at radius 3 is 2.25 bits per heavy atom. The van der Waals surface area contributed by atoms with Gasteiger partial charge in [-0.2, -0.15) is 13.2 Å². The van der Waals surface area contributed by atoms with E-state index in [9.17, 15) is 17.6 Å². The second-order valence-electron chi connectivity index (χ2n) is 4.18. The van der Waals surface area contributed by atoms with E-state index in [1.165, 1.54) is 12.1 Å². The second kappa shape index (κ2) is 3.45. The van der Waals surface area contributed by atoms with Gasteiger partial charge < -0.3 is 5.73 Å². The van der Waals surface area contributed by atoms with E-state index in [0.29, 0.717) is 12.8 Å². The lowest BCUT2D eigenvalue weighted by Gasteiger charge is -2.20. The molecule has 0 spiro atoms. The second-order valence-corrected chi connectivity index (χ2v) is 4.18. The summed E-state index contributed by atoms with van der Waals surface area (Å²) >= 11 is 0. The van der Waals surface area contributed by atoms with E-state index in [1.54, 1.807) is 0 Å². The first-order valence-electron chi connectivity index (χ1n) is 4.94. The van der Waals surface area contributed by atoms with Crippen LogP contribution in [-0.4, -0.2) is 5.54 Å². The van der Waals surface area contributed by atoms with Crippen LogP contribution in [0.2, 0.25) is 0 Å². The van der Waals surface area contributed by atoms with Crippen molar-refractivity contribution in [2.75, 3.05) is 0 Å². The third-order valence-electron chi connectivity index (χ3n) is 2.87. The number of rotatable bonds is 2. The summed E-state index contributed by atoms with van der Waals surface area (Å²) in [6.45, 7) is 0. The smallest absolute Gasteiger partial charge is 0.322 e. The van der Waals surface area contributed by atoms with Gasteiger partial charge in [0.05, 0.1) is 11.1 Å². The van der Waals surface area contributed by atoms with Crippen molar-refractivity contribution < 1.29 is 17.6 Å². The quantitative estimate of drug-likeness (QED) is 0.780. The molecular formula is C11H11F4N. The zero-order valence-corrected chi connectivity index (χ0v) is 8.39. The fraction of sp³-hybridized carbons (Fsp3) is 0.455. The van der Waals surface area contributed by atoms with E-state index in [0.717, 1.165) is 12.1 Å². The maximum Gasteiger partial charge on any atom is 0.416 e. The van der Waals surface area contributed by atoms with Gasteiger partial charge in [-0.1, -0.05) is 18.2 Å². The van der Waals surface area contributed by atoms with Crippen LogP contribution in [0.15, 0.2) is 24.3 Å². The van der Waals surface area contributed by atoms with E-state index in [4.69, 9.17) is 5.73 Å². The third kappa shape index (κ3) is 1.91. The van der Waals surface area contributed by atoms with Gasteiger partial charge in [0, 0.05) is 0 Å². The van der Waals surface area contributed by atoms with E-state index in [1.807, 2.05) is 0 Å². The Morgan fingerprint density at radius 1 is 1.19 bits per heavy atom. The van der Waals surface area contributed by atoms with Crippen LogP contribution in [-0.2, 0) is 6.18 Å². The number of hydrogen-bond donors (Lipinski definition) is 1. The fourth-order valence-corrected chi connectivity index (χ4v) is 1.68. The van der Waals surface area contributed by atoms with Gasteiger partial charge in [-0.25, -0.2) is 4.39 Å². The summed E-state index contributed by atoms with van der Waals surface area (Å²) in [6, 6.07) is 4.67. The zero-order valence-electron chi connectivity index (χ0n) is 8.39. The minimum Gasteiger partial charge on any atom is -0.322 e. The predicted molar refractivity (Wildman–Crippen MR) is 51.4 cm³/mol. The Morgan fingerprint density at radius 2 is 1.75 bits per heavy atom. The third-order valence-corrected chi connectivity index (χ3v) is 2.87. The number of alkyl halides is 4. The summed E-state index contributed by atoms with van der Waals surface area (Å²) in [6.07, 6.45) is -5.42. The molecule has 1 unspecified atom stereocenters. The first kappa shape index (κ1) is 11.4. The van der Waals surface area contributed by atoms with Gasteiger partial charge in [-0.3, -0.25) is 0 Å². The minimum absolute atomic E-state index is 0.352. The molecule has 5 heteroatoms. The van der Waals surface area contributed by atoms with E-state index >= 15 is 0 Å². The standard InChI is InChI=1S/C11H11F4N/c12-9(10(16)5-6-10)7-3-1-2-4-8(7)11(13,14)15/h1-4,9H,5-6,16H2. The molecule has 1 nitrogen and oxygen atoms in total. The zero-order chi connectivity index (χ0) is 12.0. The summed E-state index contributed by atoms with van der Waals surface area (Å²) in [5.74, 6) is 0. The van der Waals surface area contributed by atoms with Crippen LogP contribution >= 0.6 is 0 Å². The van der Waals surface area contributed by atoms with Gasteiger partial charge >= 0.3 is 6.18 Å². The molecule has 0 radical (unpaired) electrons. The average molecular weight is 233 g/mol. The van der Waals surface area contributed by atoms with E-state index in [2.05, 4.69) is 0 Å². The largest absolute Gasteiger partial charge is 0.416 e. The van der Waals surface area contributed by atoms with Crippen molar-refractivity contribution >= 4 is 0 Å². The van der Waals surface area contributed by atoms with Gasteiger partial charge in [0.1, 0.15) is 6.17 Å². The Kier molecular flexibility index (Phi) is 2.45. The topological polar surface area (TPSA) is 26.0 Å². The highest BCUT2D eigenvalue weighted by atomic mass is 19.4. The van der Waals surface area contributed by atoms with Crippen LogP contribution in [0.4, 0.5) is 17.6 Å². The monoisotopic (exact) mass is 233 g/mol. The SMILES string of the molecule is NC1(C(F)c2ccccc2C(F)(F)F)CC1. The lowest BCUT2D eigenvalue weighted by atomic mass is 9.97. The molecular weight excluding hydrogens is 222 g/mol. The maximum absolute atomic E-state index is 13.9. The molecule has 16 heavy (non-hydrogen) atoms. The van der Waals surface area contributed by atoms with Crippen LogP contribution in [0, 0.1) is 0 Å². The molecule has 1 aliphatic carbocycles. The summed E-state index contributed by atoms with van der Waals surface area (Å²) in [5.41, 5.74) is 3.21. The van der Waals surface area contributed by atoms with Gasteiger partial charge in [-0.15, -0.1) is 0 Å².